The third kappa shape index (κ3) is 1.61. The summed E-state index contributed by atoms with van der Waals surface area (Å²) in [6, 6.07) is 0. The van der Waals surface area contributed by atoms with Crippen molar-refractivity contribution in [2.75, 3.05) is 5.01 Å². The maximum absolute atomic E-state index is 3.98. The summed E-state index contributed by atoms with van der Waals surface area (Å²) in [4.78, 5) is 7.84. The van der Waals surface area contributed by atoms with Crippen LogP contribution in [0.15, 0.2) is 36.5 Å². The van der Waals surface area contributed by atoms with Crippen molar-refractivity contribution in [3.63, 3.8) is 0 Å². The van der Waals surface area contributed by atoms with Crippen molar-refractivity contribution < 1.29 is 0 Å². The van der Waals surface area contributed by atoms with Crippen molar-refractivity contribution >= 4 is 12.5 Å². The van der Waals surface area contributed by atoms with E-state index < -0.39 is 0 Å². The zero-order valence-electron chi connectivity index (χ0n) is 6.01. The summed E-state index contributed by atoms with van der Waals surface area (Å²) in [5.74, 6) is 0.609. The van der Waals surface area contributed by atoms with Crippen LogP contribution in [0.2, 0.25) is 0 Å². The van der Waals surface area contributed by atoms with Crippen LogP contribution in [0, 0.1) is 0 Å². The van der Waals surface area contributed by atoms with Crippen LogP contribution in [-0.4, -0.2) is 16.7 Å². The molecule has 0 aromatic carbocycles. The molecule has 1 rings (SSSR count). The Labute approximate surface area is 64.9 Å². The number of hydrogen-bond donors (Lipinski definition) is 0. The van der Waals surface area contributed by atoms with Gasteiger partial charge in [0.1, 0.15) is 0 Å². The maximum atomic E-state index is 3.98. The van der Waals surface area contributed by atoms with Crippen molar-refractivity contribution in [2.24, 2.45) is 5.10 Å². The highest BCUT2D eigenvalue weighted by molar-refractivity contribution is 5.41. The minimum Gasteiger partial charge on any atom is -0.259 e. The Hall–Kier alpha value is -1.71. The predicted molar refractivity (Wildman–Crippen MR) is 44.3 cm³/mol. The minimum absolute atomic E-state index is 0.609. The molecule has 0 unspecified atom stereocenters. The second-order valence-electron chi connectivity index (χ2n) is 1.73. The molecule has 1 aromatic rings. The Balaban J connectivity index is 2.90. The number of hydrogen-bond acceptors (Lipinski definition) is 4. The van der Waals surface area contributed by atoms with E-state index >= 15 is 0 Å². The number of aromatic nitrogens is 2. The fourth-order valence-corrected chi connectivity index (χ4v) is 0.633. The summed E-state index contributed by atoms with van der Waals surface area (Å²) in [6.07, 6.45) is 6.26. The van der Waals surface area contributed by atoms with Gasteiger partial charge in [-0.05, 0) is 0 Å². The summed E-state index contributed by atoms with van der Waals surface area (Å²) in [7, 11) is 0. The van der Waals surface area contributed by atoms with Crippen molar-refractivity contribution in [1.29, 1.82) is 0 Å². The van der Waals surface area contributed by atoms with Gasteiger partial charge in [-0.25, -0.2) is 9.99 Å². The SMILES string of the molecule is C=CN(N=C)c1cnccn1. The topological polar surface area (TPSA) is 41.4 Å². The Morgan fingerprint density at radius 3 is 2.82 bits per heavy atom. The molecule has 4 heteroatoms. The first kappa shape index (κ1) is 7.40. The molecule has 1 aromatic heterocycles. The standard InChI is InChI=1S/C7H8N4/c1-3-11(8-2)7-6-9-4-5-10-7/h3-6H,1-2H2. The maximum Gasteiger partial charge on any atom is 0.171 e. The van der Waals surface area contributed by atoms with Gasteiger partial charge in [0.25, 0.3) is 0 Å². The number of rotatable bonds is 3. The van der Waals surface area contributed by atoms with Crippen LogP contribution in [0.5, 0.6) is 0 Å². The zero-order chi connectivity index (χ0) is 8.10. The van der Waals surface area contributed by atoms with Crippen LogP contribution in [0.1, 0.15) is 0 Å². The lowest BCUT2D eigenvalue weighted by Crippen LogP contribution is -2.07. The molecule has 0 atom stereocenters. The molecule has 0 spiro atoms. The van der Waals surface area contributed by atoms with Crippen LogP contribution in [0.3, 0.4) is 0 Å². The van der Waals surface area contributed by atoms with E-state index in [1.807, 2.05) is 0 Å². The fourth-order valence-electron chi connectivity index (χ4n) is 0.633. The van der Waals surface area contributed by atoms with Gasteiger partial charge in [0.15, 0.2) is 5.82 Å². The first-order valence-electron chi connectivity index (χ1n) is 3.03. The highest BCUT2D eigenvalue weighted by atomic mass is 15.5. The Bertz CT molecular complexity index is 236. The van der Waals surface area contributed by atoms with Crippen LogP contribution < -0.4 is 5.01 Å². The molecule has 0 fully saturated rings. The van der Waals surface area contributed by atoms with Gasteiger partial charge in [0.05, 0.1) is 6.20 Å². The van der Waals surface area contributed by atoms with Crippen LogP contribution >= 0.6 is 0 Å². The van der Waals surface area contributed by atoms with E-state index in [1.165, 1.54) is 11.2 Å². The van der Waals surface area contributed by atoms with Gasteiger partial charge in [-0.15, -0.1) is 0 Å². The van der Waals surface area contributed by atoms with Crippen LogP contribution in [0.4, 0.5) is 5.82 Å². The average Bonchev–Trinajstić information content (AvgIpc) is 2.09. The number of nitrogens with zero attached hydrogens (tertiary/aromatic N) is 4. The molecule has 0 aliphatic heterocycles. The summed E-state index contributed by atoms with van der Waals surface area (Å²) < 4.78 is 0. The molecule has 0 N–H and O–H groups in total. The molecule has 0 amide bonds. The first-order chi connectivity index (χ1) is 5.38. The van der Waals surface area contributed by atoms with Gasteiger partial charge in [-0.2, -0.15) is 5.10 Å². The molecular formula is C7H8N4. The highest BCUT2D eigenvalue weighted by Crippen LogP contribution is 2.06. The van der Waals surface area contributed by atoms with Gasteiger partial charge in [-0.1, -0.05) is 6.58 Å². The quantitative estimate of drug-likeness (QED) is 0.475. The molecule has 0 aliphatic rings. The van der Waals surface area contributed by atoms with E-state index in [0.29, 0.717) is 5.82 Å². The average molecular weight is 148 g/mol. The van der Waals surface area contributed by atoms with Gasteiger partial charge in [0.2, 0.25) is 0 Å². The van der Waals surface area contributed by atoms with Crippen molar-refractivity contribution in [3.05, 3.63) is 31.4 Å². The Morgan fingerprint density at radius 1 is 1.55 bits per heavy atom. The van der Waals surface area contributed by atoms with Gasteiger partial charge >= 0.3 is 0 Å². The zero-order valence-corrected chi connectivity index (χ0v) is 6.01. The van der Waals surface area contributed by atoms with E-state index in [2.05, 4.69) is 28.4 Å². The summed E-state index contributed by atoms with van der Waals surface area (Å²) in [5.41, 5.74) is 0. The molecule has 4 nitrogen and oxygen atoms in total. The molecule has 0 saturated heterocycles. The second-order valence-corrected chi connectivity index (χ2v) is 1.73. The van der Waals surface area contributed by atoms with Crippen molar-refractivity contribution in [3.8, 4) is 0 Å². The molecule has 1 heterocycles. The van der Waals surface area contributed by atoms with Gasteiger partial charge < -0.3 is 0 Å². The highest BCUT2D eigenvalue weighted by Gasteiger charge is 1.97. The van der Waals surface area contributed by atoms with Crippen LogP contribution in [0.25, 0.3) is 0 Å². The van der Waals surface area contributed by atoms with Crippen molar-refractivity contribution in [1.82, 2.24) is 9.97 Å². The first-order valence-corrected chi connectivity index (χ1v) is 3.03. The molecule has 0 radical (unpaired) electrons. The second kappa shape index (κ2) is 3.46. The third-order valence-corrected chi connectivity index (χ3v) is 1.11. The molecule has 0 saturated carbocycles. The number of hydrazone groups is 1. The monoisotopic (exact) mass is 148 g/mol. The summed E-state index contributed by atoms with van der Waals surface area (Å²) in [6.45, 7) is 6.88. The Morgan fingerprint density at radius 2 is 2.36 bits per heavy atom. The molecule has 0 bridgehead atoms. The lowest BCUT2D eigenvalue weighted by molar-refractivity contribution is 1.02. The van der Waals surface area contributed by atoms with Gasteiger partial charge in [-0.3, -0.25) is 4.98 Å². The van der Waals surface area contributed by atoms with E-state index in [-0.39, 0.29) is 0 Å². The molecular weight excluding hydrogens is 140 g/mol. The van der Waals surface area contributed by atoms with Gasteiger partial charge in [0, 0.05) is 25.3 Å². The van der Waals surface area contributed by atoms with Crippen molar-refractivity contribution in [2.45, 2.75) is 0 Å². The summed E-state index contributed by atoms with van der Waals surface area (Å²) in [5, 5.41) is 5.08. The van der Waals surface area contributed by atoms with E-state index in [1.54, 1.807) is 18.6 Å². The molecule has 0 aliphatic carbocycles. The lowest BCUT2D eigenvalue weighted by atomic mass is 10.6. The Kier molecular flexibility index (Phi) is 2.32. The van der Waals surface area contributed by atoms with E-state index in [0.717, 1.165) is 0 Å². The largest absolute Gasteiger partial charge is 0.259 e. The summed E-state index contributed by atoms with van der Waals surface area (Å²) >= 11 is 0. The van der Waals surface area contributed by atoms with E-state index in [9.17, 15) is 0 Å². The fraction of sp³-hybridized carbons (Fsp3) is 0. The van der Waals surface area contributed by atoms with Crippen LogP contribution in [-0.2, 0) is 0 Å². The number of anilines is 1. The lowest BCUT2D eigenvalue weighted by Gasteiger charge is -2.09. The van der Waals surface area contributed by atoms with E-state index in [4.69, 9.17) is 0 Å². The normalized spacial score (nSPS) is 8.73. The smallest absolute Gasteiger partial charge is 0.171 e. The predicted octanol–water partition coefficient (Wildman–Crippen LogP) is 1.04. The minimum atomic E-state index is 0.609. The molecule has 56 valence electrons. The molecule has 11 heavy (non-hydrogen) atoms. The third-order valence-electron chi connectivity index (χ3n) is 1.11.